The van der Waals surface area contributed by atoms with E-state index in [0.29, 0.717) is 18.3 Å². The maximum Gasteiger partial charge on any atom is 0.248 e. The van der Waals surface area contributed by atoms with Crippen molar-refractivity contribution < 1.29 is 9.52 Å². The van der Waals surface area contributed by atoms with Gasteiger partial charge in [0.05, 0.1) is 18.7 Å². The predicted octanol–water partition coefficient (Wildman–Crippen LogP) is 2.46. The van der Waals surface area contributed by atoms with Crippen LogP contribution in [0.3, 0.4) is 0 Å². The summed E-state index contributed by atoms with van der Waals surface area (Å²) in [5.41, 5.74) is 0.895. The summed E-state index contributed by atoms with van der Waals surface area (Å²) < 4.78 is 6.66. The van der Waals surface area contributed by atoms with Crippen molar-refractivity contribution >= 4 is 15.9 Å². The minimum Gasteiger partial charge on any atom is -0.419 e. The van der Waals surface area contributed by atoms with E-state index in [4.69, 9.17) is 4.42 Å². The zero-order valence-electron chi connectivity index (χ0n) is 11.0. The first kappa shape index (κ1) is 13.7. The molecule has 1 aliphatic rings. The van der Waals surface area contributed by atoms with E-state index in [2.05, 4.69) is 31.0 Å². The van der Waals surface area contributed by atoms with Crippen molar-refractivity contribution in [2.24, 2.45) is 0 Å². The van der Waals surface area contributed by atoms with Crippen molar-refractivity contribution in [3.63, 3.8) is 0 Å². The molecule has 0 bridgehead atoms. The van der Waals surface area contributed by atoms with Crippen LogP contribution in [-0.2, 0) is 6.54 Å². The molecule has 0 amide bonds. The molecule has 1 aliphatic heterocycles. The fourth-order valence-electron chi connectivity index (χ4n) is 2.54. The number of rotatable bonds is 4. The van der Waals surface area contributed by atoms with Crippen LogP contribution in [0.1, 0.15) is 18.7 Å². The van der Waals surface area contributed by atoms with Crippen LogP contribution in [0.4, 0.5) is 0 Å². The molecule has 0 aliphatic carbocycles. The van der Waals surface area contributed by atoms with Gasteiger partial charge in [0.2, 0.25) is 11.8 Å². The Balaban J connectivity index is 1.76. The highest BCUT2D eigenvalue weighted by Gasteiger charge is 2.25. The minimum atomic E-state index is 0.186. The second-order valence-electron chi connectivity index (χ2n) is 4.93. The molecule has 1 atom stereocenters. The lowest BCUT2D eigenvalue weighted by Crippen LogP contribution is -2.31. The molecule has 0 spiro atoms. The van der Waals surface area contributed by atoms with Crippen LogP contribution in [0.25, 0.3) is 11.5 Å². The number of nitrogens with zero attached hydrogens (tertiary/aromatic N) is 3. The average Bonchev–Trinajstić information content (AvgIpc) is 3.09. The van der Waals surface area contributed by atoms with Gasteiger partial charge in [-0.3, -0.25) is 4.90 Å². The molecule has 0 unspecified atom stereocenters. The van der Waals surface area contributed by atoms with Crippen molar-refractivity contribution in [3.05, 3.63) is 34.6 Å². The number of aromatic nitrogens is 2. The fraction of sp³-hybridized carbons (Fsp3) is 0.429. The first-order valence-electron chi connectivity index (χ1n) is 6.70. The monoisotopic (exact) mass is 337 g/mol. The van der Waals surface area contributed by atoms with Gasteiger partial charge in [0.15, 0.2) is 0 Å². The Morgan fingerprint density at radius 3 is 3.00 bits per heavy atom. The first-order chi connectivity index (χ1) is 9.78. The topological polar surface area (TPSA) is 62.4 Å². The molecule has 106 valence electrons. The van der Waals surface area contributed by atoms with Gasteiger partial charge in [-0.25, -0.2) is 0 Å². The van der Waals surface area contributed by atoms with E-state index in [0.717, 1.165) is 29.4 Å². The van der Waals surface area contributed by atoms with Gasteiger partial charge in [0.1, 0.15) is 0 Å². The van der Waals surface area contributed by atoms with Crippen molar-refractivity contribution in [2.75, 3.05) is 13.2 Å². The molecule has 1 saturated heterocycles. The third kappa shape index (κ3) is 2.77. The smallest absolute Gasteiger partial charge is 0.248 e. The van der Waals surface area contributed by atoms with E-state index in [1.54, 1.807) is 0 Å². The van der Waals surface area contributed by atoms with E-state index in [1.807, 2.05) is 24.3 Å². The SMILES string of the molecule is OC[C@H]1CCCN1Cc1nnc(-c2ccccc2Br)o1. The third-order valence-corrected chi connectivity index (χ3v) is 4.31. The molecule has 5 nitrogen and oxygen atoms in total. The Hall–Kier alpha value is -1.24. The Labute approximate surface area is 125 Å². The average molecular weight is 338 g/mol. The fourth-order valence-corrected chi connectivity index (χ4v) is 3.00. The van der Waals surface area contributed by atoms with Crippen LogP contribution in [0.15, 0.2) is 33.2 Å². The highest BCUT2D eigenvalue weighted by atomic mass is 79.9. The molecule has 1 fully saturated rings. The Morgan fingerprint density at radius 2 is 2.20 bits per heavy atom. The Morgan fingerprint density at radius 1 is 1.35 bits per heavy atom. The van der Waals surface area contributed by atoms with Crippen molar-refractivity contribution in [2.45, 2.75) is 25.4 Å². The van der Waals surface area contributed by atoms with Gasteiger partial charge in [0.25, 0.3) is 0 Å². The van der Waals surface area contributed by atoms with E-state index in [1.165, 1.54) is 0 Å². The minimum absolute atomic E-state index is 0.186. The molecule has 2 aromatic rings. The molecule has 1 aromatic heterocycles. The highest BCUT2D eigenvalue weighted by Crippen LogP contribution is 2.27. The van der Waals surface area contributed by atoms with E-state index in [-0.39, 0.29) is 12.6 Å². The molecule has 1 N–H and O–H groups in total. The maximum absolute atomic E-state index is 9.32. The zero-order valence-corrected chi connectivity index (χ0v) is 12.6. The molecular formula is C14H16BrN3O2. The van der Waals surface area contributed by atoms with E-state index < -0.39 is 0 Å². The molecular weight excluding hydrogens is 322 g/mol. The number of hydrogen-bond acceptors (Lipinski definition) is 5. The van der Waals surface area contributed by atoms with Gasteiger partial charge < -0.3 is 9.52 Å². The summed E-state index contributed by atoms with van der Waals surface area (Å²) in [6.45, 7) is 1.76. The first-order valence-corrected chi connectivity index (χ1v) is 7.49. The summed E-state index contributed by atoms with van der Waals surface area (Å²) in [4.78, 5) is 2.19. The van der Waals surface area contributed by atoms with Crippen molar-refractivity contribution in [3.8, 4) is 11.5 Å². The second-order valence-corrected chi connectivity index (χ2v) is 5.78. The summed E-state index contributed by atoms with van der Waals surface area (Å²) in [6.07, 6.45) is 2.14. The van der Waals surface area contributed by atoms with Gasteiger partial charge in [-0.1, -0.05) is 12.1 Å². The molecule has 20 heavy (non-hydrogen) atoms. The number of aliphatic hydroxyl groups is 1. The number of halogens is 1. The lowest BCUT2D eigenvalue weighted by atomic mass is 10.2. The Bertz CT molecular complexity index is 587. The van der Waals surface area contributed by atoms with Gasteiger partial charge in [-0.15, -0.1) is 10.2 Å². The summed E-state index contributed by atoms with van der Waals surface area (Å²) >= 11 is 3.48. The zero-order chi connectivity index (χ0) is 13.9. The maximum atomic E-state index is 9.32. The molecule has 1 aromatic carbocycles. The molecule has 2 heterocycles. The molecule has 3 rings (SSSR count). The van der Waals surface area contributed by atoms with Gasteiger partial charge in [0, 0.05) is 10.5 Å². The number of likely N-dealkylation sites (tertiary alicyclic amines) is 1. The van der Waals surface area contributed by atoms with Crippen molar-refractivity contribution in [1.29, 1.82) is 0 Å². The molecule has 0 radical (unpaired) electrons. The standard InChI is InChI=1S/C14H16BrN3O2/c15-12-6-2-1-5-11(12)14-17-16-13(20-14)8-18-7-3-4-10(18)9-19/h1-2,5-6,10,19H,3-4,7-9H2/t10-/m1/s1. The van der Waals surface area contributed by atoms with Crippen LogP contribution >= 0.6 is 15.9 Å². The summed E-state index contributed by atoms with van der Waals surface area (Å²) in [5, 5.41) is 17.5. The number of aliphatic hydroxyl groups excluding tert-OH is 1. The molecule has 0 saturated carbocycles. The summed E-state index contributed by atoms with van der Waals surface area (Å²) in [7, 11) is 0. The van der Waals surface area contributed by atoms with Crippen molar-refractivity contribution in [1.82, 2.24) is 15.1 Å². The largest absolute Gasteiger partial charge is 0.419 e. The van der Waals surface area contributed by atoms with Crippen LogP contribution in [0.5, 0.6) is 0 Å². The van der Waals surface area contributed by atoms with E-state index in [9.17, 15) is 5.11 Å². The van der Waals surface area contributed by atoms with Crippen LogP contribution in [0.2, 0.25) is 0 Å². The van der Waals surface area contributed by atoms with Gasteiger partial charge in [-0.2, -0.15) is 0 Å². The third-order valence-electron chi connectivity index (χ3n) is 3.62. The van der Waals surface area contributed by atoms with Crippen LogP contribution in [0, 0.1) is 0 Å². The lowest BCUT2D eigenvalue weighted by Gasteiger charge is -2.20. The summed E-state index contributed by atoms with van der Waals surface area (Å²) in [5.74, 6) is 1.11. The second kappa shape index (κ2) is 6.03. The number of benzene rings is 1. The summed E-state index contributed by atoms with van der Waals surface area (Å²) in [6, 6.07) is 7.98. The Kier molecular flexibility index (Phi) is 4.14. The van der Waals surface area contributed by atoms with Crippen LogP contribution in [-0.4, -0.2) is 39.4 Å². The molecule has 6 heteroatoms. The van der Waals surface area contributed by atoms with Gasteiger partial charge >= 0.3 is 0 Å². The van der Waals surface area contributed by atoms with Crippen LogP contribution < -0.4 is 0 Å². The van der Waals surface area contributed by atoms with Gasteiger partial charge in [-0.05, 0) is 47.4 Å². The normalized spacial score (nSPS) is 19.6. The quantitative estimate of drug-likeness (QED) is 0.928. The van der Waals surface area contributed by atoms with E-state index >= 15 is 0 Å². The lowest BCUT2D eigenvalue weighted by molar-refractivity contribution is 0.144. The predicted molar refractivity (Wildman–Crippen MR) is 78.0 cm³/mol. The number of hydrogen-bond donors (Lipinski definition) is 1. The highest BCUT2D eigenvalue weighted by molar-refractivity contribution is 9.10.